The second-order valence-corrected chi connectivity index (χ2v) is 7.98. The van der Waals surface area contributed by atoms with Crippen LogP contribution in [-0.2, 0) is 7.05 Å². The lowest BCUT2D eigenvalue weighted by Gasteiger charge is -2.12. The van der Waals surface area contributed by atoms with Gasteiger partial charge in [0, 0.05) is 40.7 Å². The van der Waals surface area contributed by atoms with Crippen molar-refractivity contribution >= 4 is 27.8 Å². The summed E-state index contributed by atoms with van der Waals surface area (Å²) in [4.78, 5) is 16.9. The van der Waals surface area contributed by atoms with Gasteiger partial charge in [-0.2, -0.15) is 0 Å². The normalized spacial score (nSPS) is 11.3. The molecule has 1 N–H and O–H groups in total. The molecule has 164 valence electrons. The van der Waals surface area contributed by atoms with Crippen molar-refractivity contribution in [1.29, 1.82) is 0 Å². The molecule has 0 aliphatic heterocycles. The zero-order valence-electron chi connectivity index (χ0n) is 18.4. The molecule has 6 heteroatoms. The number of fused-ring (bicyclic) bond motifs is 2. The van der Waals surface area contributed by atoms with Crippen molar-refractivity contribution < 1.29 is 19.0 Å². The molecule has 0 amide bonds. The van der Waals surface area contributed by atoms with E-state index in [1.54, 1.807) is 14.0 Å². The molecular formula is C27H21FN2O3. The zero-order chi connectivity index (χ0) is 23.3. The van der Waals surface area contributed by atoms with Gasteiger partial charge in [0.1, 0.15) is 11.6 Å². The number of para-hydroxylation sites is 2. The van der Waals surface area contributed by atoms with Crippen LogP contribution in [0.4, 0.5) is 4.39 Å². The lowest BCUT2D eigenvalue weighted by atomic mass is 9.96. The highest BCUT2D eigenvalue weighted by Crippen LogP contribution is 2.40. The maximum absolute atomic E-state index is 13.9. The van der Waals surface area contributed by atoms with Crippen molar-refractivity contribution in [3.05, 3.63) is 83.8 Å². The fourth-order valence-electron chi connectivity index (χ4n) is 4.61. The van der Waals surface area contributed by atoms with E-state index in [1.165, 1.54) is 18.2 Å². The Morgan fingerprint density at radius 2 is 1.76 bits per heavy atom. The van der Waals surface area contributed by atoms with E-state index in [4.69, 9.17) is 9.72 Å². The van der Waals surface area contributed by atoms with E-state index >= 15 is 0 Å². The molecule has 5 nitrogen and oxygen atoms in total. The molecule has 0 radical (unpaired) electrons. The summed E-state index contributed by atoms with van der Waals surface area (Å²) >= 11 is 0. The second-order valence-electron chi connectivity index (χ2n) is 7.98. The highest BCUT2D eigenvalue weighted by atomic mass is 19.1. The quantitative estimate of drug-likeness (QED) is 0.361. The van der Waals surface area contributed by atoms with Gasteiger partial charge in [-0.05, 0) is 36.8 Å². The molecule has 0 spiro atoms. The van der Waals surface area contributed by atoms with Gasteiger partial charge in [0.2, 0.25) is 0 Å². The monoisotopic (exact) mass is 440 g/mol. The van der Waals surface area contributed by atoms with Crippen molar-refractivity contribution in [2.75, 3.05) is 7.11 Å². The number of methoxy groups -OCH3 is 1. The number of benzene rings is 3. The Hall–Kier alpha value is -4.19. The van der Waals surface area contributed by atoms with E-state index in [0.717, 1.165) is 33.3 Å². The van der Waals surface area contributed by atoms with Crippen molar-refractivity contribution in [1.82, 2.24) is 9.55 Å². The van der Waals surface area contributed by atoms with Crippen LogP contribution in [0.3, 0.4) is 0 Å². The van der Waals surface area contributed by atoms with Gasteiger partial charge >= 0.3 is 5.97 Å². The number of nitrogens with zero attached hydrogens (tertiary/aromatic N) is 2. The third-order valence-corrected chi connectivity index (χ3v) is 6.06. The van der Waals surface area contributed by atoms with Gasteiger partial charge in [0.15, 0.2) is 0 Å². The van der Waals surface area contributed by atoms with Crippen LogP contribution in [-0.4, -0.2) is 27.7 Å². The van der Waals surface area contributed by atoms with E-state index in [2.05, 4.69) is 0 Å². The molecule has 0 bridgehead atoms. The summed E-state index contributed by atoms with van der Waals surface area (Å²) in [6.07, 6.45) is 1.96. The summed E-state index contributed by atoms with van der Waals surface area (Å²) in [5.74, 6) is -0.838. The molecule has 0 aliphatic rings. The first-order valence-corrected chi connectivity index (χ1v) is 10.5. The van der Waals surface area contributed by atoms with Gasteiger partial charge in [0.25, 0.3) is 0 Å². The van der Waals surface area contributed by atoms with Crippen LogP contribution < -0.4 is 4.74 Å². The lowest BCUT2D eigenvalue weighted by molar-refractivity contribution is 0.0698. The maximum atomic E-state index is 13.9. The minimum Gasteiger partial charge on any atom is -0.496 e. The predicted octanol–water partition coefficient (Wildman–Crippen LogP) is 6.21. The van der Waals surface area contributed by atoms with Crippen LogP contribution in [0.5, 0.6) is 5.75 Å². The van der Waals surface area contributed by atoms with E-state index in [-0.39, 0.29) is 5.56 Å². The molecule has 0 unspecified atom stereocenters. The maximum Gasteiger partial charge on any atom is 0.336 e. The third kappa shape index (κ3) is 3.22. The Labute approximate surface area is 189 Å². The third-order valence-electron chi connectivity index (χ3n) is 6.06. The Morgan fingerprint density at radius 1 is 1.00 bits per heavy atom. The number of carboxylic acids is 1. The highest BCUT2D eigenvalue weighted by Gasteiger charge is 2.22. The number of rotatable bonds is 4. The van der Waals surface area contributed by atoms with Gasteiger partial charge in [0.05, 0.1) is 29.4 Å². The SMILES string of the molecule is COc1ccccc1-c1cccc2c(-c3nc4ccc(F)cc4c(C(=O)O)c3C)cn(C)c12. The summed E-state index contributed by atoms with van der Waals surface area (Å²) in [6, 6.07) is 17.9. The molecule has 3 aromatic carbocycles. The summed E-state index contributed by atoms with van der Waals surface area (Å²) in [5.41, 5.74) is 5.32. The number of hydrogen-bond acceptors (Lipinski definition) is 3. The first-order valence-electron chi connectivity index (χ1n) is 10.5. The smallest absolute Gasteiger partial charge is 0.336 e. The summed E-state index contributed by atoms with van der Waals surface area (Å²) < 4.78 is 21.5. The lowest BCUT2D eigenvalue weighted by Crippen LogP contribution is -2.05. The topological polar surface area (TPSA) is 64.3 Å². The van der Waals surface area contributed by atoms with E-state index in [0.29, 0.717) is 22.2 Å². The summed E-state index contributed by atoms with van der Waals surface area (Å²) in [7, 11) is 3.60. The molecule has 33 heavy (non-hydrogen) atoms. The van der Waals surface area contributed by atoms with Crippen LogP contribution in [0.2, 0.25) is 0 Å². The van der Waals surface area contributed by atoms with Crippen molar-refractivity contribution in [3.63, 3.8) is 0 Å². The number of carboxylic acid groups (broad SMARTS) is 1. The average molecular weight is 440 g/mol. The minimum atomic E-state index is -1.11. The number of pyridine rings is 1. The van der Waals surface area contributed by atoms with Gasteiger partial charge in [-0.15, -0.1) is 0 Å². The van der Waals surface area contributed by atoms with Gasteiger partial charge in [-0.1, -0.05) is 36.4 Å². The average Bonchev–Trinajstić information content (AvgIpc) is 3.15. The fraction of sp³-hybridized carbons (Fsp3) is 0.111. The Bertz CT molecular complexity index is 1570. The number of hydrogen-bond donors (Lipinski definition) is 1. The summed E-state index contributed by atoms with van der Waals surface area (Å²) in [6.45, 7) is 1.72. The molecule has 5 rings (SSSR count). The molecule has 5 aromatic rings. The van der Waals surface area contributed by atoms with Crippen LogP contribution >= 0.6 is 0 Å². The second kappa shape index (κ2) is 7.74. The molecule has 0 fully saturated rings. The largest absolute Gasteiger partial charge is 0.496 e. The highest BCUT2D eigenvalue weighted by molar-refractivity contribution is 6.09. The van der Waals surface area contributed by atoms with Crippen LogP contribution in [0, 0.1) is 12.7 Å². The van der Waals surface area contributed by atoms with E-state index in [9.17, 15) is 14.3 Å². The van der Waals surface area contributed by atoms with Crippen molar-refractivity contribution in [3.8, 4) is 28.1 Å². The van der Waals surface area contributed by atoms with Crippen LogP contribution in [0.25, 0.3) is 44.2 Å². The Balaban J connectivity index is 1.84. The van der Waals surface area contributed by atoms with E-state index in [1.807, 2.05) is 60.3 Å². The number of aromatic nitrogens is 2. The minimum absolute atomic E-state index is 0.0624. The Morgan fingerprint density at radius 3 is 2.52 bits per heavy atom. The molecule has 0 saturated carbocycles. The number of carbonyl (C=O) groups is 1. The van der Waals surface area contributed by atoms with E-state index < -0.39 is 11.8 Å². The molecule has 0 atom stereocenters. The van der Waals surface area contributed by atoms with Crippen molar-refractivity contribution in [2.45, 2.75) is 6.92 Å². The molecule has 0 saturated heterocycles. The number of aromatic carboxylic acids is 1. The summed E-state index contributed by atoms with van der Waals surface area (Å²) in [5, 5.41) is 11.2. The molecule has 2 aromatic heterocycles. The van der Waals surface area contributed by atoms with Gasteiger partial charge in [-0.3, -0.25) is 0 Å². The molecule has 0 aliphatic carbocycles. The Kier molecular flexibility index (Phi) is 4.86. The molecule has 2 heterocycles. The van der Waals surface area contributed by atoms with Crippen molar-refractivity contribution in [2.24, 2.45) is 7.05 Å². The number of aryl methyl sites for hydroxylation is 1. The van der Waals surface area contributed by atoms with Crippen LogP contribution in [0.15, 0.2) is 66.9 Å². The number of halogens is 1. The first kappa shape index (κ1) is 20.7. The van der Waals surface area contributed by atoms with Crippen LogP contribution in [0.1, 0.15) is 15.9 Å². The van der Waals surface area contributed by atoms with Gasteiger partial charge in [-0.25, -0.2) is 14.2 Å². The molecular weight excluding hydrogens is 419 g/mol. The predicted molar refractivity (Wildman–Crippen MR) is 127 cm³/mol. The first-order chi connectivity index (χ1) is 15.9. The zero-order valence-corrected chi connectivity index (χ0v) is 18.4. The van der Waals surface area contributed by atoms with Gasteiger partial charge < -0.3 is 14.4 Å². The fourth-order valence-corrected chi connectivity index (χ4v) is 4.61. The standard InChI is InChI=1S/C27H21FN2O3/c1-15-24(27(31)32)20-13-16(28)11-12-22(20)29-25(15)21-14-30(2)26-18(8-6-9-19(21)26)17-7-4-5-10-23(17)33-3/h4-14H,1-3H3,(H,31,32). The number of ether oxygens (including phenoxy) is 1.